The standard InChI is InChI=1S/C19H17F3N2O3/c1-27-14-6-4-5-13(10-14)24-11-12(9-17(24)25)18(26)23-16-8-3-2-7-15(16)19(20,21)22/h2-8,10,12H,9,11H2,1H3,(H,23,26)/t12-/m1/s1. The van der Waals surface area contributed by atoms with Crippen molar-refractivity contribution < 1.29 is 27.5 Å². The first-order valence-electron chi connectivity index (χ1n) is 8.21. The third-order valence-electron chi connectivity index (χ3n) is 4.35. The average Bonchev–Trinajstić information content (AvgIpc) is 3.03. The summed E-state index contributed by atoms with van der Waals surface area (Å²) in [6.45, 7) is 0.0893. The van der Waals surface area contributed by atoms with Crippen molar-refractivity contribution in [3.8, 4) is 5.75 Å². The lowest BCUT2D eigenvalue weighted by Crippen LogP contribution is -2.28. The summed E-state index contributed by atoms with van der Waals surface area (Å²) in [7, 11) is 1.50. The van der Waals surface area contributed by atoms with E-state index < -0.39 is 23.6 Å². The molecule has 2 aromatic rings. The van der Waals surface area contributed by atoms with E-state index in [0.717, 1.165) is 6.07 Å². The normalized spacial score (nSPS) is 17.1. The van der Waals surface area contributed by atoms with Crippen LogP contribution in [0, 0.1) is 5.92 Å². The lowest BCUT2D eigenvalue weighted by Gasteiger charge is -2.18. The molecule has 1 saturated heterocycles. The maximum Gasteiger partial charge on any atom is 0.418 e. The fourth-order valence-corrected chi connectivity index (χ4v) is 2.99. The minimum atomic E-state index is -4.58. The van der Waals surface area contributed by atoms with Gasteiger partial charge in [-0.2, -0.15) is 13.2 Å². The first-order valence-corrected chi connectivity index (χ1v) is 8.21. The molecule has 1 atom stereocenters. The van der Waals surface area contributed by atoms with Gasteiger partial charge in [0, 0.05) is 24.7 Å². The Morgan fingerprint density at radius 2 is 1.93 bits per heavy atom. The summed E-state index contributed by atoms with van der Waals surface area (Å²) in [5.74, 6) is -1.07. The van der Waals surface area contributed by atoms with Gasteiger partial charge in [0.1, 0.15) is 5.75 Å². The number of alkyl halides is 3. The Balaban J connectivity index is 1.75. The number of hydrogen-bond acceptors (Lipinski definition) is 3. The zero-order valence-corrected chi connectivity index (χ0v) is 14.4. The largest absolute Gasteiger partial charge is 0.497 e. The topological polar surface area (TPSA) is 58.6 Å². The zero-order chi connectivity index (χ0) is 19.6. The summed E-state index contributed by atoms with van der Waals surface area (Å²) in [6.07, 6.45) is -4.65. The molecule has 0 radical (unpaired) electrons. The van der Waals surface area contributed by atoms with Gasteiger partial charge >= 0.3 is 6.18 Å². The van der Waals surface area contributed by atoms with Crippen molar-refractivity contribution in [3.05, 3.63) is 54.1 Å². The van der Waals surface area contributed by atoms with Crippen LogP contribution in [0.15, 0.2) is 48.5 Å². The van der Waals surface area contributed by atoms with Crippen LogP contribution in [0.3, 0.4) is 0 Å². The molecule has 142 valence electrons. The molecule has 3 rings (SSSR count). The van der Waals surface area contributed by atoms with Gasteiger partial charge in [0.2, 0.25) is 11.8 Å². The number of ether oxygens (including phenoxy) is 1. The Labute approximate surface area is 153 Å². The molecule has 0 bridgehead atoms. The highest BCUT2D eigenvalue weighted by Crippen LogP contribution is 2.35. The van der Waals surface area contributed by atoms with Crippen LogP contribution in [0.5, 0.6) is 5.75 Å². The minimum absolute atomic E-state index is 0.0722. The van der Waals surface area contributed by atoms with Crippen LogP contribution >= 0.6 is 0 Å². The molecule has 2 amide bonds. The molecule has 1 N–H and O–H groups in total. The molecular weight excluding hydrogens is 361 g/mol. The van der Waals surface area contributed by atoms with Gasteiger partial charge in [-0.05, 0) is 24.3 Å². The highest BCUT2D eigenvalue weighted by Gasteiger charge is 2.37. The van der Waals surface area contributed by atoms with Gasteiger partial charge < -0.3 is 15.0 Å². The number of hydrogen-bond donors (Lipinski definition) is 1. The van der Waals surface area contributed by atoms with Crippen molar-refractivity contribution >= 4 is 23.2 Å². The first-order chi connectivity index (χ1) is 12.8. The van der Waals surface area contributed by atoms with Gasteiger partial charge in [0.05, 0.1) is 24.3 Å². The van der Waals surface area contributed by atoms with Crippen molar-refractivity contribution in [1.29, 1.82) is 0 Å². The molecule has 1 aliphatic heterocycles. The Hall–Kier alpha value is -3.03. The third kappa shape index (κ3) is 4.05. The molecule has 8 heteroatoms. The minimum Gasteiger partial charge on any atom is -0.497 e. The number of carbonyl (C=O) groups is 2. The maximum absolute atomic E-state index is 13.1. The summed E-state index contributed by atoms with van der Waals surface area (Å²) in [4.78, 5) is 26.2. The van der Waals surface area contributed by atoms with Gasteiger partial charge in [-0.15, -0.1) is 0 Å². The summed E-state index contributed by atoms with van der Waals surface area (Å²) < 4.78 is 44.3. The van der Waals surface area contributed by atoms with Gasteiger partial charge in [-0.3, -0.25) is 9.59 Å². The SMILES string of the molecule is COc1cccc(N2C[C@H](C(=O)Nc3ccccc3C(F)(F)F)CC2=O)c1. The lowest BCUT2D eigenvalue weighted by molar-refractivity contribution is -0.137. The molecule has 0 unspecified atom stereocenters. The second kappa shape index (κ2) is 7.30. The highest BCUT2D eigenvalue weighted by molar-refractivity contribution is 6.03. The van der Waals surface area contributed by atoms with Crippen molar-refractivity contribution in [1.82, 2.24) is 0 Å². The van der Waals surface area contributed by atoms with Crippen LogP contribution < -0.4 is 15.0 Å². The number of amides is 2. The van der Waals surface area contributed by atoms with Crippen LogP contribution in [0.1, 0.15) is 12.0 Å². The fourth-order valence-electron chi connectivity index (χ4n) is 2.99. The smallest absolute Gasteiger partial charge is 0.418 e. The zero-order valence-electron chi connectivity index (χ0n) is 14.4. The van der Waals surface area contributed by atoms with E-state index in [-0.39, 0.29) is 24.6 Å². The predicted octanol–water partition coefficient (Wildman–Crippen LogP) is 3.71. The Bertz CT molecular complexity index is 867. The molecule has 5 nitrogen and oxygen atoms in total. The maximum atomic E-state index is 13.1. The monoisotopic (exact) mass is 378 g/mol. The number of nitrogens with zero attached hydrogens (tertiary/aromatic N) is 1. The Morgan fingerprint density at radius 1 is 1.19 bits per heavy atom. The van der Waals surface area contributed by atoms with E-state index in [4.69, 9.17) is 4.74 Å². The average molecular weight is 378 g/mol. The molecule has 0 saturated carbocycles. The van der Waals surface area contributed by atoms with Crippen LogP contribution in [-0.4, -0.2) is 25.5 Å². The van der Waals surface area contributed by atoms with Gasteiger partial charge in [0.15, 0.2) is 0 Å². The van der Waals surface area contributed by atoms with E-state index in [1.54, 1.807) is 24.3 Å². The number of para-hydroxylation sites is 1. The van der Waals surface area contributed by atoms with E-state index in [2.05, 4.69) is 5.32 Å². The van der Waals surface area contributed by atoms with Crippen molar-refractivity contribution in [2.45, 2.75) is 12.6 Å². The molecule has 0 aliphatic carbocycles. The molecule has 2 aromatic carbocycles. The highest BCUT2D eigenvalue weighted by atomic mass is 19.4. The molecule has 1 heterocycles. The number of benzene rings is 2. The first kappa shape index (κ1) is 18.8. The van der Waals surface area contributed by atoms with E-state index >= 15 is 0 Å². The third-order valence-corrected chi connectivity index (χ3v) is 4.35. The second-order valence-corrected chi connectivity index (χ2v) is 6.14. The van der Waals surface area contributed by atoms with E-state index in [9.17, 15) is 22.8 Å². The lowest BCUT2D eigenvalue weighted by atomic mass is 10.1. The van der Waals surface area contributed by atoms with Crippen LogP contribution in [0.4, 0.5) is 24.5 Å². The molecule has 1 fully saturated rings. The fraction of sp³-hybridized carbons (Fsp3) is 0.263. The number of methoxy groups -OCH3 is 1. The Kier molecular flexibility index (Phi) is 5.07. The summed E-state index contributed by atoms with van der Waals surface area (Å²) >= 11 is 0. The van der Waals surface area contributed by atoms with E-state index in [1.807, 2.05) is 0 Å². The quantitative estimate of drug-likeness (QED) is 0.883. The van der Waals surface area contributed by atoms with E-state index in [1.165, 1.54) is 30.2 Å². The van der Waals surface area contributed by atoms with E-state index in [0.29, 0.717) is 11.4 Å². The molecule has 1 aliphatic rings. The van der Waals surface area contributed by atoms with Gasteiger partial charge in [-0.1, -0.05) is 18.2 Å². The number of anilines is 2. The van der Waals surface area contributed by atoms with Crippen LogP contribution in [-0.2, 0) is 15.8 Å². The summed E-state index contributed by atoms with van der Waals surface area (Å²) in [6, 6.07) is 11.6. The number of nitrogens with one attached hydrogen (secondary N) is 1. The predicted molar refractivity (Wildman–Crippen MR) is 93.5 cm³/mol. The summed E-state index contributed by atoms with van der Waals surface area (Å²) in [5, 5.41) is 2.31. The summed E-state index contributed by atoms with van der Waals surface area (Å²) in [5.41, 5.74) is -0.667. The van der Waals surface area contributed by atoms with Crippen molar-refractivity contribution in [2.75, 3.05) is 23.9 Å². The molecule has 0 spiro atoms. The Morgan fingerprint density at radius 3 is 2.63 bits per heavy atom. The molecular formula is C19H17F3N2O3. The molecule has 27 heavy (non-hydrogen) atoms. The number of rotatable bonds is 4. The van der Waals surface area contributed by atoms with Crippen molar-refractivity contribution in [3.63, 3.8) is 0 Å². The van der Waals surface area contributed by atoms with Gasteiger partial charge in [-0.25, -0.2) is 0 Å². The second-order valence-electron chi connectivity index (χ2n) is 6.14. The number of halogens is 3. The molecule has 0 aromatic heterocycles. The van der Waals surface area contributed by atoms with Gasteiger partial charge in [0.25, 0.3) is 0 Å². The van der Waals surface area contributed by atoms with Crippen LogP contribution in [0.25, 0.3) is 0 Å². The van der Waals surface area contributed by atoms with Crippen LogP contribution in [0.2, 0.25) is 0 Å². The number of carbonyl (C=O) groups excluding carboxylic acids is 2. The van der Waals surface area contributed by atoms with Crippen molar-refractivity contribution in [2.24, 2.45) is 5.92 Å².